The molecule has 0 atom stereocenters. The Balaban J connectivity index is 1.90. The van der Waals surface area contributed by atoms with Crippen molar-refractivity contribution in [3.63, 3.8) is 0 Å². The lowest BCUT2D eigenvalue weighted by atomic mass is 9.66. The number of carbonyl (C=O) groups is 2. The molecule has 3 nitrogen and oxygen atoms in total. The fraction of sp³-hybridized carbons (Fsp3) is 0.478. The van der Waals surface area contributed by atoms with Crippen molar-refractivity contribution in [2.45, 2.75) is 52.9 Å². The van der Waals surface area contributed by atoms with Gasteiger partial charge in [-0.1, -0.05) is 12.5 Å². The van der Waals surface area contributed by atoms with Crippen LogP contribution in [0.2, 0.25) is 0 Å². The predicted octanol–water partition coefficient (Wildman–Crippen LogP) is 3.92. The molecule has 1 aliphatic carbocycles. The second-order valence-electron chi connectivity index (χ2n) is 8.02. The molecule has 0 amide bonds. The average Bonchev–Trinajstić information content (AvgIpc) is 2.93. The zero-order chi connectivity index (χ0) is 19.1. The van der Waals surface area contributed by atoms with E-state index in [0.29, 0.717) is 12.8 Å². The van der Waals surface area contributed by atoms with E-state index in [-0.39, 0.29) is 17.0 Å². The van der Waals surface area contributed by atoms with Crippen LogP contribution in [0.4, 0.5) is 0 Å². The summed E-state index contributed by atoms with van der Waals surface area (Å²) in [7, 11) is 0. The van der Waals surface area contributed by atoms with Crippen molar-refractivity contribution in [1.82, 2.24) is 4.90 Å². The van der Waals surface area contributed by atoms with Crippen LogP contribution in [0, 0.1) is 31.1 Å². The molecule has 2 aliphatic rings. The number of nitrogens with zero attached hydrogens (tertiary/aromatic N) is 1. The Kier molecular flexibility index (Phi) is 4.80. The average molecular weight is 349 g/mol. The molecule has 1 saturated heterocycles. The van der Waals surface area contributed by atoms with E-state index in [4.69, 9.17) is 0 Å². The molecule has 3 rings (SSSR count). The third kappa shape index (κ3) is 3.21. The molecule has 1 aromatic carbocycles. The molecule has 0 unspecified atom stereocenters. The van der Waals surface area contributed by atoms with Gasteiger partial charge >= 0.3 is 0 Å². The van der Waals surface area contributed by atoms with E-state index in [1.54, 1.807) is 0 Å². The van der Waals surface area contributed by atoms with E-state index in [1.165, 1.54) is 0 Å². The number of hydrogen-bond acceptors (Lipinski definition) is 3. The molecule has 1 aliphatic heterocycles. The third-order valence-electron chi connectivity index (χ3n) is 5.87. The second kappa shape index (κ2) is 6.76. The van der Waals surface area contributed by atoms with E-state index >= 15 is 0 Å². The van der Waals surface area contributed by atoms with Crippen LogP contribution in [0.15, 0.2) is 24.4 Å². The lowest BCUT2D eigenvalue weighted by Crippen LogP contribution is -2.41. The molecule has 1 spiro atoms. The van der Waals surface area contributed by atoms with E-state index in [2.05, 4.69) is 23.3 Å². The standard InChI is InChI=1S/C23H27NO2/c1-6-7-18-10-16(4)21(17(5)11-18)22-19(25)12-23(13-20(22)26)8-9-24(14-23)15(2)3/h10-11,22H,2,8-9,12-14H2,1,3-5H3. The smallest absolute Gasteiger partial charge is 0.148 e. The van der Waals surface area contributed by atoms with Gasteiger partial charge in [-0.05, 0) is 62.9 Å². The van der Waals surface area contributed by atoms with Crippen LogP contribution >= 0.6 is 0 Å². The number of aryl methyl sites for hydroxylation is 2. The Morgan fingerprint density at radius 2 is 1.77 bits per heavy atom. The predicted molar refractivity (Wildman–Crippen MR) is 104 cm³/mol. The highest BCUT2D eigenvalue weighted by atomic mass is 16.2. The molecule has 1 aromatic rings. The number of rotatable bonds is 2. The first-order chi connectivity index (χ1) is 12.3. The van der Waals surface area contributed by atoms with Crippen LogP contribution in [0.3, 0.4) is 0 Å². The fourth-order valence-corrected chi connectivity index (χ4v) is 4.70. The SMILES string of the molecule is C=C(C)N1CCC2(CC(=O)C(c3c(C)cc(C#CC)cc3C)C(=O)C2)C1. The van der Waals surface area contributed by atoms with Gasteiger partial charge in [0.25, 0.3) is 0 Å². The molecular weight excluding hydrogens is 322 g/mol. The summed E-state index contributed by atoms with van der Waals surface area (Å²) in [4.78, 5) is 28.3. The Morgan fingerprint density at radius 1 is 1.19 bits per heavy atom. The maximum absolute atomic E-state index is 13.1. The van der Waals surface area contributed by atoms with E-state index in [9.17, 15) is 9.59 Å². The van der Waals surface area contributed by atoms with Crippen molar-refractivity contribution < 1.29 is 9.59 Å². The molecule has 0 aromatic heterocycles. The van der Waals surface area contributed by atoms with Gasteiger partial charge in [0.15, 0.2) is 0 Å². The number of carbonyl (C=O) groups excluding carboxylic acids is 2. The number of likely N-dealkylation sites (tertiary alicyclic amines) is 1. The van der Waals surface area contributed by atoms with Crippen LogP contribution in [-0.2, 0) is 9.59 Å². The first-order valence-electron chi connectivity index (χ1n) is 9.26. The zero-order valence-corrected chi connectivity index (χ0v) is 16.2. The minimum absolute atomic E-state index is 0.0744. The summed E-state index contributed by atoms with van der Waals surface area (Å²) >= 11 is 0. The van der Waals surface area contributed by atoms with Crippen molar-refractivity contribution in [3.8, 4) is 11.8 Å². The minimum atomic E-state index is -0.608. The van der Waals surface area contributed by atoms with Crippen LogP contribution < -0.4 is 0 Å². The van der Waals surface area contributed by atoms with Crippen molar-refractivity contribution in [2.75, 3.05) is 13.1 Å². The second-order valence-corrected chi connectivity index (χ2v) is 8.02. The summed E-state index contributed by atoms with van der Waals surface area (Å²) in [5.41, 5.74) is 4.63. The normalized spacial score (nSPS) is 25.4. The number of ketones is 2. The summed E-state index contributed by atoms with van der Waals surface area (Å²) in [6.45, 7) is 13.4. The van der Waals surface area contributed by atoms with Crippen molar-refractivity contribution in [3.05, 3.63) is 46.7 Å². The Bertz CT molecular complexity index is 812. The van der Waals surface area contributed by atoms with Gasteiger partial charge in [0.05, 0.1) is 0 Å². The molecule has 1 heterocycles. The van der Waals surface area contributed by atoms with Gasteiger partial charge in [-0.2, -0.15) is 0 Å². The van der Waals surface area contributed by atoms with Gasteiger partial charge in [0, 0.05) is 42.6 Å². The van der Waals surface area contributed by atoms with E-state index in [0.717, 1.165) is 47.5 Å². The zero-order valence-electron chi connectivity index (χ0n) is 16.2. The van der Waals surface area contributed by atoms with E-state index in [1.807, 2.05) is 39.8 Å². The molecule has 1 saturated carbocycles. The van der Waals surface area contributed by atoms with Gasteiger partial charge in [-0.3, -0.25) is 9.59 Å². The highest BCUT2D eigenvalue weighted by molar-refractivity contribution is 6.10. The van der Waals surface area contributed by atoms with Crippen LogP contribution in [0.25, 0.3) is 0 Å². The molecule has 0 N–H and O–H groups in total. The first kappa shape index (κ1) is 18.5. The Hall–Kier alpha value is -2.34. The minimum Gasteiger partial charge on any atom is -0.375 e. The third-order valence-corrected chi connectivity index (χ3v) is 5.87. The van der Waals surface area contributed by atoms with Gasteiger partial charge in [0.2, 0.25) is 0 Å². The summed E-state index contributed by atoms with van der Waals surface area (Å²) in [6.07, 6.45) is 1.87. The molecule has 0 radical (unpaired) electrons. The summed E-state index contributed by atoms with van der Waals surface area (Å²) in [5.74, 6) is 5.51. The molecule has 0 bridgehead atoms. The highest BCUT2D eigenvalue weighted by Gasteiger charge is 2.49. The number of Topliss-reactive ketones (excluding diaryl/α,β-unsaturated/α-hetero) is 2. The summed E-state index contributed by atoms with van der Waals surface area (Å²) in [5, 5.41) is 0. The van der Waals surface area contributed by atoms with Gasteiger partial charge < -0.3 is 4.90 Å². The largest absolute Gasteiger partial charge is 0.375 e. The molecular formula is C23H27NO2. The van der Waals surface area contributed by atoms with Gasteiger partial charge in [-0.25, -0.2) is 0 Å². The quantitative estimate of drug-likeness (QED) is 0.600. The molecule has 136 valence electrons. The Labute approximate surface area is 156 Å². The van der Waals surface area contributed by atoms with Gasteiger partial charge in [0.1, 0.15) is 17.5 Å². The van der Waals surface area contributed by atoms with Crippen molar-refractivity contribution >= 4 is 11.6 Å². The van der Waals surface area contributed by atoms with Crippen molar-refractivity contribution in [1.29, 1.82) is 0 Å². The molecule has 3 heteroatoms. The van der Waals surface area contributed by atoms with Crippen LogP contribution in [0.1, 0.15) is 61.3 Å². The molecule has 2 fully saturated rings. The highest BCUT2D eigenvalue weighted by Crippen LogP contribution is 2.46. The molecule has 26 heavy (non-hydrogen) atoms. The number of benzene rings is 1. The lowest BCUT2D eigenvalue weighted by molar-refractivity contribution is -0.136. The van der Waals surface area contributed by atoms with E-state index < -0.39 is 5.92 Å². The fourth-order valence-electron chi connectivity index (χ4n) is 4.70. The Morgan fingerprint density at radius 3 is 2.23 bits per heavy atom. The van der Waals surface area contributed by atoms with Gasteiger partial charge in [-0.15, -0.1) is 5.92 Å². The van der Waals surface area contributed by atoms with Crippen molar-refractivity contribution in [2.24, 2.45) is 5.41 Å². The summed E-state index contributed by atoms with van der Waals surface area (Å²) < 4.78 is 0. The summed E-state index contributed by atoms with van der Waals surface area (Å²) in [6, 6.07) is 3.98. The lowest BCUT2D eigenvalue weighted by Gasteiger charge is -2.36. The monoisotopic (exact) mass is 349 g/mol. The van der Waals surface area contributed by atoms with Crippen LogP contribution in [0.5, 0.6) is 0 Å². The topological polar surface area (TPSA) is 37.4 Å². The van der Waals surface area contributed by atoms with Crippen LogP contribution in [-0.4, -0.2) is 29.6 Å². The number of allylic oxidation sites excluding steroid dienone is 1. The number of hydrogen-bond donors (Lipinski definition) is 0. The maximum atomic E-state index is 13.1. The maximum Gasteiger partial charge on any atom is 0.148 e. The first-order valence-corrected chi connectivity index (χ1v) is 9.26.